The number of hydrogen-bond donors (Lipinski definition) is 2. The lowest BCUT2D eigenvalue weighted by Crippen LogP contribution is -2.10. The Labute approximate surface area is 85.5 Å². The lowest BCUT2D eigenvalue weighted by Gasteiger charge is -2.16. The van der Waals surface area contributed by atoms with Crippen LogP contribution >= 0.6 is 0 Å². The second-order valence-corrected chi connectivity index (χ2v) is 4.22. The normalized spacial score (nSPS) is 20.9. The molecule has 0 aliphatic carbocycles. The van der Waals surface area contributed by atoms with Crippen molar-refractivity contribution >= 4 is 5.69 Å². The number of rotatable bonds is 0. The van der Waals surface area contributed by atoms with Gasteiger partial charge in [0, 0.05) is 18.3 Å². The zero-order valence-electron chi connectivity index (χ0n) is 8.93. The molecule has 14 heavy (non-hydrogen) atoms. The van der Waals surface area contributed by atoms with Crippen LogP contribution < -0.4 is 11.1 Å². The monoisotopic (exact) mass is 190 g/mol. The van der Waals surface area contributed by atoms with Gasteiger partial charge in [-0.15, -0.1) is 0 Å². The second kappa shape index (κ2) is 3.62. The molecule has 1 atom stereocenters. The number of anilines is 1. The first-order valence-corrected chi connectivity index (χ1v) is 5.29. The zero-order valence-corrected chi connectivity index (χ0v) is 8.93. The Bertz CT molecular complexity index is 344. The minimum atomic E-state index is 0.207. The number of fused-ring (bicyclic) bond motifs is 1. The van der Waals surface area contributed by atoms with Gasteiger partial charge < -0.3 is 11.1 Å². The Morgan fingerprint density at radius 3 is 2.93 bits per heavy atom. The Hall–Kier alpha value is -1.02. The van der Waals surface area contributed by atoms with Gasteiger partial charge in [-0.05, 0) is 37.8 Å². The minimum Gasteiger partial charge on any atom is -0.385 e. The molecule has 0 aromatic heterocycles. The molecule has 1 aromatic rings. The smallest absolute Gasteiger partial charge is 0.0418 e. The van der Waals surface area contributed by atoms with Crippen LogP contribution in [0.1, 0.15) is 35.6 Å². The first kappa shape index (κ1) is 9.53. The highest BCUT2D eigenvalue weighted by Crippen LogP contribution is 2.31. The van der Waals surface area contributed by atoms with Crippen molar-refractivity contribution in [3.63, 3.8) is 0 Å². The van der Waals surface area contributed by atoms with Crippen LogP contribution in [0, 0.1) is 13.8 Å². The first-order valence-electron chi connectivity index (χ1n) is 5.29. The maximum atomic E-state index is 6.14. The summed E-state index contributed by atoms with van der Waals surface area (Å²) in [5.41, 5.74) is 11.3. The topological polar surface area (TPSA) is 38.0 Å². The Morgan fingerprint density at radius 2 is 2.14 bits per heavy atom. The highest BCUT2D eigenvalue weighted by molar-refractivity contribution is 5.60. The van der Waals surface area contributed by atoms with Crippen LogP contribution in [0.2, 0.25) is 0 Å². The number of nitrogens with two attached hydrogens (primary N) is 1. The van der Waals surface area contributed by atoms with Crippen LogP contribution in [-0.4, -0.2) is 6.54 Å². The van der Waals surface area contributed by atoms with Gasteiger partial charge >= 0.3 is 0 Å². The molecule has 1 unspecified atom stereocenters. The maximum absolute atomic E-state index is 6.14. The van der Waals surface area contributed by atoms with Crippen molar-refractivity contribution in [2.24, 2.45) is 5.73 Å². The number of hydrogen-bond acceptors (Lipinski definition) is 2. The van der Waals surface area contributed by atoms with E-state index in [1.165, 1.54) is 22.4 Å². The van der Waals surface area contributed by atoms with Crippen molar-refractivity contribution in [1.82, 2.24) is 0 Å². The van der Waals surface area contributed by atoms with Crippen LogP contribution in [0.15, 0.2) is 12.1 Å². The average molecular weight is 190 g/mol. The third-order valence-electron chi connectivity index (χ3n) is 2.90. The van der Waals surface area contributed by atoms with Crippen molar-refractivity contribution in [1.29, 1.82) is 0 Å². The van der Waals surface area contributed by atoms with Gasteiger partial charge in [0.2, 0.25) is 0 Å². The van der Waals surface area contributed by atoms with Gasteiger partial charge in [-0.1, -0.05) is 17.7 Å². The van der Waals surface area contributed by atoms with Crippen molar-refractivity contribution in [2.75, 3.05) is 11.9 Å². The minimum absolute atomic E-state index is 0.207. The predicted octanol–water partition coefficient (Wildman–Crippen LogP) is 2.51. The average Bonchev–Trinajstić information content (AvgIpc) is 2.29. The first-order chi connectivity index (χ1) is 6.68. The molecule has 3 N–H and O–H groups in total. The molecule has 1 aromatic carbocycles. The summed E-state index contributed by atoms with van der Waals surface area (Å²) in [4.78, 5) is 0. The Balaban J connectivity index is 2.53. The van der Waals surface area contributed by atoms with E-state index >= 15 is 0 Å². The Kier molecular flexibility index (Phi) is 2.46. The molecule has 1 aliphatic rings. The van der Waals surface area contributed by atoms with Gasteiger partial charge in [0.05, 0.1) is 0 Å². The summed E-state index contributed by atoms with van der Waals surface area (Å²) < 4.78 is 0. The quantitative estimate of drug-likeness (QED) is 0.659. The molecule has 0 bridgehead atoms. The third kappa shape index (κ3) is 1.62. The predicted molar refractivity (Wildman–Crippen MR) is 60.6 cm³/mol. The van der Waals surface area contributed by atoms with Gasteiger partial charge in [0.25, 0.3) is 0 Å². The molecule has 2 heteroatoms. The molecule has 1 aliphatic heterocycles. The fourth-order valence-corrected chi connectivity index (χ4v) is 2.23. The third-order valence-corrected chi connectivity index (χ3v) is 2.90. The second-order valence-electron chi connectivity index (χ2n) is 4.22. The molecule has 0 fully saturated rings. The summed E-state index contributed by atoms with van der Waals surface area (Å²) in [6, 6.07) is 4.63. The summed E-state index contributed by atoms with van der Waals surface area (Å²) in [5, 5.41) is 3.47. The number of benzene rings is 1. The molecule has 76 valence electrons. The zero-order chi connectivity index (χ0) is 10.1. The summed E-state index contributed by atoms with van der Waals surface area (Å²) in [7, 11) is 0. The van der Waals surface area contributed by atoms with E-state index in [9.17, 15) is 0 Å². The summed E-state index contributed by atoms with van der Waals surface area (Å²) in [6.45, 7) is 5.33. The molecule has 0 amide bonds. The molecule has 0 saturated carbocycles. The van der Waals surface area contributed by atoms with Crippen LogP contribution in [0.4, 0.5) is 5.69 Å². The fraction of sp³-hybridized carbons (Fsp3) is 0.500. The van der Waals surface area contributed by atoms with Gasteiger partial charge in [-0.25, -0.2) is 0 Å². The Morgan fingerprint density at radius 1 is 1.36 bits per heavy atom. The standard InChI is InChI=1S/C12H18N2/c1-8-6-9(2)12-10(7-8)11(13)4-3-5-14-12/h6-7,11,14H,3-5,13H2,1-2H3. The summed E-state index contributed by atoms with van der Waals surface area (Å²) >= 11 is 0. The lowest BCUT2D eigenvalue weighted by atomic mass is 9.98. The highest BCUT2D eigenvalue weighted by Gasteiger charge is 2.16. The molecule has 0 radical (unpaired) electrons. The number of nitrogens with one attached hydrogen (secondary N) is 1. The van der Waals surface area contributed by atoms with E-state index in [4.69, 9.17) is 5.73 Å². The molecular formula is C12H18N2. The maximum Gasteiger partial charge on any atom is 0.0418 e. The van der Waals surface area contributed by atoms with Crippen molar-refractivity contribution < 1.29 is 0 Å². The van der Waals surface area contributed by atoms with Crippen LogP contribution in [0.5, 0.6) is 0 Å². The van der Waals surface area contributed by atoms with Crippen LogP contribution in [-0.2, 0) is 0 Å². The van der Waals surface area contributed by atoms with Gasteiger partial charge in [0.15, 0.2) is 0 Å². The van der Waals surface area contributed by atoms with Crippen molar-refractivity contribution in [3.8, 4) is 0 Å². The van der Waals surface area contributed by atoms with Crippen LogP contribution in [0.25, 0.3) is 0 Å². The summed E-state index contributed by atoms with van der Waals surface area (Å²) in [5.74, 6) is 0. The lowest BCUT2D eigenvalue weighted by molar-refractivity contribution is 0.642. The van der Waals surface area contributed by atoms with Gasteiger partial charge in [-0.2, -0.15) is 0 Å². The van der Waals surface area contributed by atoms with E-state index < -0.39 is 0 Å². The number of aryl methyl sites for hydroxylation is 2. The van der Waals surface area contributed by atoms with Crippen molar-refractivity contribution in [3.05, 3.63) is 28.8 Å². The SMILES string of the molecule is Cc1cc(C)c2c(c1)C(N)CCCN2. The van der Waals surface area contributed by atoms with Gasteiger partial charge in [-0.3, -0.25) is 0 Å². The van der Waals surface area contributed by atoms with Gasteiger partial charge in [0.1, 0.15) is 0 Å². The van der Waals surface area contributed by atoms with E-state index in [1.807, 2.05) is 0 Å². The van der Waals surface area contributed by atoms with E-state index in [-0.39, 0.29) is 6.04 Å². The van der Waals surface area contributed by atoms with Crippen LogP contribution in [0.3, 0.4) is 0 Å². The van der Waals surface area contributed by atoms with Crippen molar-refractivity contribution in [2.45, 2.75) is 32.7 Å². The summed E-state index contributed by atoms with van der Waals surface area (Å²) in [6.07, 6.45) is 2.25. The fourth-order valence-electron chi connectivity index (χ4n) is 2.23. The molecule has 0 spiro atoms. The van der Waals surface area contributed by atoms with E-state index in [2.05, 4.69) is 31.3 Å². The van der Waals surface area contributed by atoms with E-state index in [1.54, 1.807) is 0 Å². The largest absolute Gasteiger partial charge is 0.385 e. The van der Waals surface area contributed by atoms with E-state index in [0.717, 1.165) is 19.4 Å². The van der Waals surface area contributed by atoms with E-state index in [0.29, 0.717) is 0 Å². The molecule has 2 nitrogen and oxygen atoms in total. The molecule has 0 saturated heterocycles. The molecule has 1 heterocycles. The highest BCUT2D eigenvalue weighted by atomic mass is 14.9. The molecule has 2 rings (SSSR count). The molecular weight excluding hydrogens is 172 g/mol.